The first-order valence-corrected chi connectivity index (χ1v) is 9.29. The van der Waals surface area contributed by atoms with Gasteiger partial charge >= 0.3 is 5.97 Å². The zero-order valence-corrected chi connectivity index (χ0v) is 16.9. The fourth-order valence-corrected chi connectivity index (χ4v) is 3.09. The first-order chi connectivity index (χ1) is 14.5. The number of esters is 1. The van der Waals surface area contributed by atoms with Gasteiger partial charge in [0.1, 0.15) is 47.0 Å². The van der Waals surface area contributed by atoms with Crippen molar-refractivity contribution in [2.24, 2.45) is 5.73 Å². The zero-order valence-electron chi connectivity index (χ0n) is 16.9. The predicted molar refractivity (Wildman–Crippen MR) is 106 cm³/mol. The Morgan fingerprint density at radius 2 is 1.90 bits per heavy atom. The SMILES string of the molecule is CCOC(=O)C1=C(C)OC(N)=C(C#N)[C@H]1c1ccc(COc2ccc(OC)cc2)o1. The van der Waals surface area contributed by atoms with Gasteiger partial charge in [-0.05, 0) is 50.2 Å². The summed E-state index contributed by atoms with van der Waals surface area (Å²) in [6.07, 6.45) is 0. The molecule has 0 bridgehead atoms. The van der Waals surface area contributed by atoms with Gasteiger partial charge in [0.15, 0.2) is 0 Å². The molecule has 1 aliphatic rings. The van der Waals surface area contributed by atoms with Crippen LogP contribution in [0.3, 0.4) is 0 Å². The molecule has 0 radical (unpaired) electrons. The van der Waals surface area contributed by atoms with E-state index in [0.29, 0.717) is 17.3 Å². The summed E-state index contributed by atoms with van der Waals surface area (Å²) in [6.45, 7) is 3.64. The van der Waals surface area contributed by atoms with Gasteiger partial charge in [0.2, 0.25) is 5.88 Å². The van der Waals surface area contributed by atoms with E-state index in [-0.39, 0.29) is 36.0 Å². The Morgan fingerprint density at radius 3 is 2.53 bits per heavy atom. The Bertz CT molecular complexity index is 1030. The molecule has 0 unspecified atom stereocenters. The second-order valence-electron chi connectivity index (χ2n) is 6.38. The van der Waals surface area contributed by atoms with E-state index in [1.54, 1.807) is 57.4 Å². The van der Waals surface area contributed by atoms with E-state index in [9.17, 15) is 10.1 Å². The van der Waals surface area contributed by atoms with Crippen LogP contribution in [0.1, 0.15) is 31.3 Å². The van der Waals surface area contributed by atoms with E-state index >= 15 is 0 Å². The number of hydrogen-bond acceptors (Lipinski definition) is 8. The van der Waals surface area contributed by atoms with E-state index in [1.807, 2.05) is 6.07 Å². The average molecular weight is 410 g/mol. The number of carbonyl (C=O) groups excluding carboxylic acids is 1. The standard InChI is InChI=1S/C22H22N2O6/c1-4-27-22(25)19-13(2)29-21(24)17(11-23)20(19)18-10-9-16(30-18)12-28-15-7-5-14(26-3)6-8-15/h5-10,20H,4,12,24H2,1-3H3/t20-/m0/s1. The maximum Gasteiger partial charge on any atom is 0.338 e. The molecule has 1 aliphatic heterocycles. The lowest BCUT2D eigenvalue weighted by atomic mass is 9.87. The van der Waals surface area contributed by atoms with Crippen molar-refractivity contribution >= 4 is 5.97 Å². The maximum absolute atomic E-state index is 12.5. The van der Waals surface area contributed by atoms with E-state index < -0.39 is 11.9 Å². The van der Waals surface area contributed by atoms with Crippen LogP contribution >= 0.6 is 0 Å². The topological polar surface area (TPSA) is 117 Å². The number of hydrogen-bond donors (Lipinski definition) is 1. The summed E-state index contributed by atoms with van der Waals surface area (Å²) < 4.78 is 27.3. The van der Waals surface area contributed by atoms with Crippen molar-refractivity contribution in [2.75, 3.05) is 13.7 Å². The Balaban J connectivity index is 1.85. The van der Waals surface area contributed by atoms with Crippen molar-refractivity contribution in [3.8, 4) is 17.6 Å². The second kappa shape index (κ2) is 9.09. The minimum Gasteiger partial charge on any atom is -0.497 e. The van der Waals surface area contributed by atoms with Gasteiger partial charge in [-0.1, -0.05) is 0 Å². The number of allylic oxidation sites excluding steroid dienone is 2. The number of benzene rings is 1. The third-order valence-electron chi connectivity index (χ3n) is 4.51. The number of nitrogens with zero attached hydrogens (tertiary/aromatic N) is 1. The first-order valence-electron chi connectivity index (χ1n) is 9.29. The number of ether oxygens (including phenoxy) is 4. The monoisotopic (exact) mass is 410 g/mol. The van der Waals surface area contributed by atoms with E-state index in [1.165, 1.54) is 0 Å². The second-order valence-corrected chi connectivity index (χ2v) is 6.38. The van der Waals surface area contributed by atoms with Crippen LogP contribution in [0.4, 0.5) is 0 Å². The highest BCUT2D eigenvalue weighted by atomic mass is 16.5. The largest absolute Gasteiger partial charge is 0.497 e. The van der Waals surface area contributed by atoms with Crippen LogP contribution in [-0.4, -0.2) is 19.7 Å². The Hall–Kier alpha value is -3.86. The van der Waals surface area contributed by atoms with Crippen molar-refractivity contribution in [1.29, 1.82) is 5.26 Å². The van der Waals surface area contributed by atoms with Crippen molar-refractivity contribution < 1.29 is 28.2 Å². The van der Waals surface area contributed by atoms with E-state index in [0.717, 1.165) is 5.75 Å². The van der Waals surface area contributed by atoms with Gasteiger partial charge < -0.3 is 29.1 Å². The molecular weight excluding hydrogens is 388 g/mol. The van der Waals surface area contributed by atoms with Crippen LogP contribution in [0.2, 0.25) is 0 Å². The Kier molecular flexibility index (Phi) is 6.32. The van der Waals surface area contributed by atoms with Gasteiger partial charge in [0, 0.05) is 0 Å². The van der Waals surface area contributed by atoms with Gasteiger partial charge in [-0.25, -0.2) is 4.79 Å². The third-order valence-corrected chi connectivity index (χ3v) is 4.51. The van der Waals surface area contributed by atoms with E-state index in [2.05, 4.69) is 0 Å². The highest BCUT2D eigenvalue weighted by Gasteiger charge is 2.38. The van der Waals surface area contributed by atoms with Crippen molar-refractivity contribution in [1.82, 2.24) is 0 Å². The number of rotatable bonds is 7. The summed E-state index contributed by atoms with van der Waals surface area (Å²) in [4.78, 5) is 12.5. The molecule has 0 spiro atoms. The summed E-state index contributed by atoms with van der Waals surface area (Å²) in [5.74, 6) is 1.04. The van der Waals surface area contributed by atoms with Crippen LogP contribution in [-0.2, 0) is 20.9 Å². The normalized spacial score (nSPS) is 16.0. The number of furan rings is 1. The minimum atomic E-state index is -0.822. The molecule has 1 aromatic heterocycles. The quantitative estimate of drug-likeness (QED) is 0.689. The number of nitrogens with two attached hydrogens (primary N) is 1. The summed E-state index contributed by atoms with van der Waals surface area (Å²) in [7, 11) is 1.59. The minimum absolute atomic E-state index is 0.0690. The van der Waals surface area contributed by atoms with Gasteiger partial charge in [-0.2, -0.15) is 5.26 Å². The molecule has 2 aromatic rings. The molecule has 30 heavy (non-hydrogen) atoms. The molecule has 3 rings (SSSR count). The highest BCUT2D eigenvalue weighted by molar-refractivity contribution is 5.92. The molecule has 1 atom stereocenters. The van der Waals surface area contributed by atoms with Gasteiger partial charge in [-0.3, -0.25) is 0 Å². The van der Waals surface area contributed by atoms with Crippen molar-refractivity contribution in [2.45, 2.75) is 26.4 Å². The summed E-state index contributed by atoms with van der Waals surface area (Å²) >= 11 is 0. The zero-order chi connectivity index (χ0) is 21.7. The molecule has 2 heterocycles. The maximum atomic E-state index is 12.5. The number of methoxy groups -OCH3 is 1. The molecular formula is C22H22N2O6. The molecule has 1 aromatic carbocycles. The van der Waals surface area contributed by atoms with Gasteiger partial charge in [-0.15, -0.1) is 0 Å². The Morgan fingerprint density at radius 1 is 1.20 bits per heavy atom. The summed E-state index contributed by atoms with van der Waals surface area (Å²) in [5.41, 5.74) is 6.15. The van der Waals surface area contributed by atoms with Crippen LogP contribution < -0.4 is 15.2 Å². The first kappa shape index (κ1) is 20.9. The molecule has 0 saturated carbocycles. The Labute approximate surface area is 174 Å². The van der Waals surface area contributed by atoms with Gasteiger partial charge in [0.05, 0.1) is 25.2 Å². The summed E-state index contributed by atoms with van der Waals surface area (Å²) in [5, 5.41) is 9.59. The fraction of sp³-hybridized carbons (Fsp3) is 0.273. The predicted octanol–water partition coefficient (Wildman–Crippen LogP) is 3.51. The van der Waals surface area contributed by atoms with Crippen molar-refractivity contribution in [3.05, 3.63) is 70.7 Å². The fourth-order valence-electron chi connectivity index (χ4n) is 3.09. The molecule has 0 saturated heterocycles. The molecule has 0 aliphatic carbocycles. The average Bonchev–Trinajstić information content (AvgIpc) is 3.21. The summed E-state index contributed by atoms with van der Waals surface area (Å²) in [6, 6.07) is 12.6. The van der Waals surface area contributed by atoms with E-state index in [4.69, 9.17) is 29.1 Å². The van der Waals surface area contributed by atoms with Crippen LogP contribution in [0.5, 0.6) is 11.5 Å². The lowest BCUT2D eigenvalue weighted by Gasteiger charge is -2.25. The third kappa shape index (κ3) is 4.25. The van der Waals surface area contributed by atoms with Crippen LogP contribution in [0.15, 0.2) is 63.6 Å². The molecule has 8 heteroatoms. The van der Waals surface area contributed by atoms with Crippen LogP contribution in [0.25, 0.3) is 0 Å². The molecule has 2 N–H and O–H groups in total. The highest BCUT2D eigenvalue weighted by Crippen LogP contribution is 2.40. The lowest BCUT2D eigenvalue weighted by molar-refractivity contribution is -0.139. The molecule has 8 nitrogen and oxygen atoms in total. The molecule has 0 fully saturated rings. The smallest absolute Gasteiger partial charge is 0.338 e. The number of carbonyl (C=O) groups is 1. The van der Waals surface area contributed by atoms with Gasteiger partial charge in [0.25, 0.3) is 0 Å². The van der Waals surface area contributed by atoms with Crippen molar-refractivity contribution in [3.63, 3.8) is 0 Å². The van der Waals surface area contributed by atoms with Crippen LogP contribution in [0, 0.1) is 11.3 Å². The molecule has 156 valence electrons. The molecule has 0 amide bonds. The lowest BCUT2D eigenvalue weighted by Crippen LogP contribution is -2.25. The number of nitriles is 1.